The summed E-state index contributed by atoms with van der Waals surface area (Å²) >= 11 is 0. The van der Waals surface area contributed by atoms with Crippen LogP contribution in [0.5, 0.6) is 0 Å². The zero-order valence-electron chi connectivity index (χ0n) is 8.25. The minimum absolute atomic E-state index is 0.0772. The average molecular weight is 188 g/mol. The summed E-state index contributed by atoms with van der Waals surface area (Å²) < 4.78 is 0. The Labute approximate surface area is 79.5 Å². The Balaban J connectivity index is 3.17. The summed E-state index contributed by atoms with van der Waals surface area (Å²) in [4.78, 5) is 10.2. The third-order valence-electron chi connectivity index (χ3n) is 1.79. The Bertz CT molecular complexity index is 140. The zero-order chi connectivity index (χ0) is 10.1. The molecule has 0 aliphatic heterocycles. The number of nitrogens with one attached hydrogen (secondary N) is 1. The van der Waals surface area contributed by atoms with Crippen molar-refractivity contribution in [3.05, 3.63) is 0 Å². The monoisotopic (exact) mass is 188 g/mol. The molecule has 0 radical (unpaired) electrons. The van der Waals surface area contributed by atoms with E-state index in [1.807, 2.05) is 0 Å². The molecule has 4 nitrogen and oxygen atoms in total. The van der Waals surface area contributed by atoms with Crippen LogP contribution < -0.4 is 11.1 Å². The van der Waals surface area contributed by atoms with Gasteiger partial charge in [0.2, 0.25) is 0 Å². The van der Waals surface area contributed by atoms with Crippen LogP contribution in [-0.2, 0) is 4.79 Å². The Morgan fingerprint density at radius 2 is 2.23 bits per heavy atom. The van der Waals surface area contributed by atoms with Crippen LogP contribution >= 0.6 is 0 Å². The largest absolute Gasteiger partial charge is 0.481 e. The third kappa shape index (κ3) is 9.30. The molecule has 0 saturated heterocycles. The van der Waals surface area contributed by atoms with Crippen LogP contribution in [-0.4, -0.2) is 30.2 Å². The minimum atomic E-state index is -0.811. The van der Waals surface area contributed by atoms with E-state index < -0.39 is 5.97 Å². The molecule has 0 rings (SSSR count). The van der Waals surface area contributed by atoms with E-state index in [-0.39, 0.29) is 12.5 Å². The van der Waals surface area contributed by atoms with Crippen molar-refractivity contribution in [2.75, 3.05) is 13.1 Å². The van der Waals surface area contributed by atoms with Crippen LogP contribution in [0.2, 0.25) is 0 Å². The molecule has 0 fully saturated rings. The van der Waals surface area contributed by atoms with Crippen molar-refractivity contribution in [1.29, 1.82) is 0 Å². The number of hydrogen-bond donors (Lipinski definition) is 3. The van der Waals surface area contributed by atoms with E-state index in [4.69, 9.17) is 10.8 Å². The van der Waals surface area contributed by atoms with Gasteiger partial charge in [0.15, 0.2) is 0 Å². The molecule has 4 heteroatoms. The molecule has 0 aliphatic carbocycles. The van der Waals surface area contributed by atoms with Crippen LogP contribution in [0.25, 0.3) is 0 Å². The fraction of sp³-hybridized carbons (Fsp3) is 0.889. The lowest BCUT2D eigenvalue weighted by atomic mass is 10.1. The van der Waals surface area contributed by atoms with Gasteiger partial charge < -0.3 is 16.2 Å². The van der Waals surface area contributed by atoms with Gasteiger partial charge >= 0.3 is 5.97 Å². The lowest BCUT2D eigenvalue weighted by molar-refractivity contribution is -0.137. The second-order valence-corrected chi connectivity index (χ2v) is 3.25. The van der Waals surface area contributed by atoms with Gasteiger partial charge in [0.25, 0.3) is 0 Å². The van der Waals surface area contributed by atoms with Gasteiger partial charge in [0, 0.05) is 6.04 Å². The van der Waals surface area contributed by atoms with E-state index >= 15 is 0 Å². The van der Waals surface area contributed by atoms with Crippen LogP contribution in [0.1, 0.15) is 32.6 Å². The van der Waals surface area contributed by atoms with E-state index in [2.05, 4.69) is 12.2 Å². The molecular weight excluding hydrogens is 168 g/mol. The first-order valence-electron chi connectivity index (χ1n) is 4.85. The van der Waals surface area contributed by atoms with Crippen molar-refractivity contribution in [1.82, 2.24) is 5.32 Å². The Hall–Kier alpha value is -0.610. The van der Waals surface area contributed by atoms with Gasteiger partial charge in [-0.1, -0.05) is 6.92 Å². The standard InChI is InChI=1S/C9H20N2O2/c1-2-5-11-6-3-4-8(10)7-9(12)13/h8,11H,2-7,10H2,1H3,(H,12,13). The molecule has 0 amide bonds. The lowest BCUT2D eigenvalue weighted by Crippen LogP contribution is -2.25. The first-order chi connectivity index (χ1) is 6.16. The quantitative estimate of drug-likeness (QED) is 0.487. The molecule has 1 unspecified atom stereocenters. The van der Waals surface area contributed by atoms with Gasteiger partial charge in [0.05, 0.1) is 6.42 Å². The molecule has 0 bridgehead atoms. The maximum atomic E-state index is 10.2. The number of carboxylic acids is 1. The fourth-order valence-electron chi connectivity index (χ4n) is 1.12. The highest BCUT2D eigenvalue weighted by Crippen LogP contribution is 1.97. The summed E-state index contributed by atoms with van der Waals surface area (Å²) in [6.45, 7) is 4.07. The molecule has 78 valence electrons. The van der Waals surface area contributed by atoms with Gasteiger partial charge in [0.1, 0.15) is 0 Å². The summed E-state index contributed by atoms with van der Waals surface area (Å²) in [5.74, 6) is -0.811. The van der Waals surface area contributed by atoms with Crippen molar-refractivity contribution in [3.63, 3.8) is 0 Å². The van der Waals surface area contributed by atoms with Crippen LogP contribution in [0, 0.1) is 0 Å². The van der Waals surface area contributed by atoms with Crippen LogP contribution in [0.4, 0.5) is 0 Å². The average Bonchev–Trinajstić information content (AvgIpc) is 2.02. The number of aliphatic carboxylic acids is 1. The van der Waals surface area contributed by atoms with Crippen molar-refractivity contribution in [2.24, 2.45) is 5.73 Å². The predicted octanol–water partition coefficient (Wildman–Crippen LogP) is 0.568. The molecular formula is C9H20N2O2. The number of carboxylic acid groups (broad SMARTS) is 1. The number of hydrogen-bond acceptors (Lipinski definition) is 3. The molecule has 13 heavy (non-hydrogen) atoms. The molecule has 0 aromatic rings. The van der Waals surface area contributed by atoms with E-state index in [1.165, 1.54) is 0 Å². The maximum absolute atomic E-state index is 10.2. The number of rotatable bonds is 8. The zero-order valence-corrected chi connectivity index (χ0v) is 8.25. The minimum Gasteiger partial charge on any atom is -0.481 e. The fourth-order valence-corrected chi connectivity index (χ4v) is 1.12. The van der Waals surface area contributed by atoms with Gasteiger partial charge in [-0.25, -0.2) is 0 Å². The Morgan fingerprint density at radius 1 is 1.54 bits per heavy atom. The second kappa shape index (κ2) is 8.01. The summed E-state index contributed by atoms with van der Waals surface area (Å²) in [5.41, 5.74) is 5.58. The van der Waals surface area contributed by atoms with Gasteiger partial charge in [-0.05, 0) is 32.4 Å². The Kier molecular flexibility index (Phi) is 7.63. The van der Waals surface area contributed by atoms with Gasteiger partial charge in [-0.3, -0.25) is 4.79 Å². The van der Waals surface area contributed by atoms with E-state index in [1.54, 1.807) is 0 Å². The van der Waals surface area contributed by atoms with E-state index in [0.29, 0.717) is 0 Å². The molecule has 4 N–H and O–H groups in total. The van der Waals surface area contributed by atoms with E-state index in [0.717, 1.165) is 32.4 Å². The first kappa shape index (κ1) is 12.4. The third-order valence-corrected chi connectivity index (χ3v) is 1.79. The normalized spacial score (nSPS) is 12.8. The summed E-state index contributed by atoms with van der Waals surface area (Å²) in [6, 6.07) is -0.194. The van der Waals surface area contributed by atoms with Gasteiger partial charge in [-0.15, -0.1) is 0 Å². The summed E-state index contributed by atoms with van der Waals surface area (Å²) in [6.07, 6.45) is 2.94. The number of nitrogens with two attached hydrogens (primary N) is 1. The highest BCUT2D eigenvalue weighted by atomic mass is 16.4. The molecule has 1 atom stereocenters. The smallest absolute Gasteiger partial charge is 0.304 e. The molecule has 0 spiro atoms. The topological polar surface area (TPSA) is 75.3 Å². The number of carbonyl (C=O) groups is 1. The summed E-state index contributed by atoms with van der Waals surface area (Å²) in [5, 5.41) is 11.7. The first-order valence-corrected chi connectivity index (χ1v) is 4.85. The van der Waals surface area contributed by atoms with Crippen molar-refractivity contribution in [3.8, 4) is 0 Å². The highest BCUT2D eigenvalue weighted by molar-refractivity contribution is 5.67. The predicted molar refractivity (Wildman–Crippen MR) is 52.6 cm³/mol. The molecule has 0 aromatic heterocycles. The van der Waals surface area contributed by atoms with Crippen LogP contribution in [0.15, 0.2) is 0 Å². The van der Waals surface area contributed by atoms with Crippen LogP contribution in [0.3, 0.4) is 0 Å². The van der Waals surface area contributed by atoms with Crippen molar-refractivity contribution >= 4 is 5.97 Å². The SMILES string of the molecule is CCCNCCCC(N)CC(=O)O. The molecule has 0 saturated carbocycles. The van der Waals surface area contributed by atoms with Crippen molar-refractivity contribution < 1.29 is 9.90 Å². The van der Waals surface area contributed by atoms with E-state index in [9.17, 15) is 4.79 Å². The Morgan fingerprint density at radius 3 is 2.77 bits per heavy atom. The second-order valence-electron chi connectivity index (χ2n) is 3.25. The summed E-state index contributed by atoms with van der Waals surface area (Å²) in [7, 11) is 0. The molecule has 0 aromatic carbocycles. The highest BCUT2D eigenvalue weighted by Gasteiger charge is 2.06. The van der Waals surface area contributed by atoms with Gasteiger partial charge in [-0.2, -0.15) is 0 Å². The molecule has 0 heterocycles. The van der Waals surface area contributed by atoms with Crippen molar-refractivity contribution in [2.45, 2.75) is 38.6 Å². The maximum Gasteiger partial charge on any atom is 0.304 e. The lowest BCUT2D eigenvalue weighted by Gasteiger charge is -2.08. The molecule has 0 aliphatic rings.